The van der Waals surface area contributed by atoms with Crippen LogP contribution in [-0.2, 0) is 11.2 Å². The van der Waals surface area contributed by atoms with Crippen LogP contribution in [0.2, 0.25) is 0 Å². The van der Waals surface area contributed by atoms with E-state index in [1.807, 2.05) is 30.0 Å². The molecule has 0 radical (unpaired) electrons. The summed E-state index contributed by atoms with van der Waals surface area (Å²) in [5.74, 6) is 0.412. The Balaban J connectivity index is 1.93. The molecule has 1 amide bonds. The molecule has 0 aliphatic carbocycles. The molecule has 0 saturated carbocycles. The van der Waals surface area contributed by atoms with E-state index in [1.54, 1.807) is 6.92 Å². The Hall–Kier alpha value is -1.35. The fourth-order valence-electron chi connectivity index (χ4n) is 2.52. The van der Waals surface area contributed by atoms with Crippen molar-refractivity contribution in [2.75, 3.05) is 13.1 Å². The van der Waals surface area contributed by atoms with E-state index in [2.05, 4.69) is 6.07 Å². The lowest BCUT2D eigenvalue weighted by molar-refractivity contribution is -0.129. The number of carbonyl (C=O) groups excluding carboxylic acids is 1. The van der Waals surface area contributed by atoms with Gasteiger partial charge in [0.05, 0.1) is 12.5 Å². The second kappa shape index (κ2) is 5.53. The lowest BCUT2D eigenvalue weighted by Gasteiger charge is -2.17. The van der Waals surface area contributed by atoms with Gasteiger partial charge >= 0.3 is 0 Å². The van der Waals surface area contributed by atoms with Gasteiger partial charge in [-0.1, -0.05) is 29.8 Å². The summed E-state index contributed by atoms with van der Waals surface area (Å²) in [6.45, 7) is 5.31. The highest BCUT2D eigenvalue weighted by atomic mass is 16.3. The first-order chi connectivity index (χ1) is 8.56. The van der Waals surface area contributed by atoms with E-state index < -0.39 is 0 Å². The number of amides is 1. The number of aliphatic hydroxyl groups excluding tert-OH is 1. The number of aryl methyl sites for hydroxylation is 1. The van der Waals surface area contributed by atoms with Crippen LogP contribution in [-0.4, -0.2) is 35.1 Å². The van der Waals surface area contributed by atoms with Crippen molar-refractivity contribution in [2.45, 2.75) is 32.8 Å². The van der Waals surface area contributed by atoms with E-state index in [-0.39, 0.29) is 17.9 Å². The second-order valence-corrected chi connectivity index (χ2v) is 5.29. The maximum atomic E-state index is 12.1. The van der Waals surface area contributed by atoms with Crippen molar-refractivity contribution >= 4 is 5.91 Å². The van der Waals surface area contributed by atoms with E-state index in [0.717, 1.165) is 18.5 Å². The maximum absolute atomic E-state index is 12.1. The molecule has 0 spiro atoms. The van der Waals surface area contributed by atoms with E-state index >= 15 is 0 Å². The monoisotopic (exact) mass is 247 g/mol. The molecule has 1 N–H and O–H groups in total. The number of hydrogen-bond donors (Lipinski definition) is 1. The molecule has 0 aromatic heterocycles. The third kappa shape index (κ3) is 3.10. The average molecular weight is 247 g/mol. The van der Waals surface area contributed by atoms with Gasteiger partial charge < -0.3 is 10.0 Å². The zero-order valence-corrected chi connectivity index (χ0v) is 11.1. The Morgan fingerprint density at radius 3 is 2.94 bits per heavy atom. The Labute approximate surface area is 108 Å². The third-order valence-corrected chi connectivity index (χ3v) is 3.70. The second-order valence-electron chi connectivity index (χ2n) is 5.29. The molecule has 18 heavy (non-hydrogen) atoms. The van der Waals surface area contributed by atoms with Crippen LogP contribution in [0.5, 0.6) is 0 Å². The van der Waals surface area contributed by atoms with Crippen molar-refractivity contribution in [3.8, 4) is 0 Å². The number of nitrogens with zero attached hydrogens (tertiary/aromatic N) is 1. The molecule has 0 bridgehead atoms. The lowest BCUT2D eigenvalue weighted by atomic mass is 10.0. The van der Waals surface area contributed by atoms with Gasteiger partial charge in [0, 0.05) is 19.0 Å². The van der Waals surface area contributed by atoms with Crippen molar-refractivity contribution in [3.05, 3.63) is 35.4 Å². The Morgan fingerprint density at radius 2 is 2.33 bits per heavy atom. The first-order valence-electron chi connectivity index (χ1n) is 6.57. The van der Waals surface area contributed by atoms with E-state index in [1.165, 1.54) is 5.56 Å². The number of hydrogen-bond acceptors (Lipinski definition) is 2. The molecule has 1 saturated heterocycles. The first-order valence-corrected chi connectivity index (χ1v) is 6.57. The van der Waals surface area contributed by atoms with Gasteiger partial charge in [0.25, 0.3) is 0 Å². The Kier molecular flexibility index (Phi) is 4.02. The minimum absolute atomic E-state index is 0.170. The quantitative estimate of drug-likeness (QED) is 0.884. The fourth-order valence-corrected chi connectivity index (χ4v) is 2.52. The number of rotatable bonds is 3. The van der Waals surface area contributed by atoms with Gasteiger partial charge in [-0.2, -0.15) is 0 Å². The van der Waals surface area contributed by atoms with Crippen LogP contribution in [0.25, 0.3) is 0 Å². The van der Waals surface area contributed by atoms with Gasteiger partial charge in [-0.05, 0) is 25.8 Å². The molecule has 3 heteroatoms. The molecule has 3 nitrogen and oxygen atoms in total. The highest BCUT2D eigenvalue weighted by Crippen LogP contribution is 2.20. The molecule has 2 rings (SSSR count). The van der Waals surface area contributed by atoms with E-state index in [4.69, 9.17) is 0 Å². The zero-order valence-electron chi connectivity index (χ0n) is 11.1. The smallest absolute Gasteiger partial charge is 0.227 e. The molecule has 98 valence electrons. The molecule has 1 aromatic carbocycles. The summed E-state index contributed by atoms with van der Waals surface area (Å²) in [6, 6.07) is 8.07. The van der Waals surface area contributed by atoms with Gasteiger partial charge in [0.2, 0.25) is 5.91 Å². The minimum atomic E-state index is -0.318. The molecule has 1 heterocycles. The highest BCUT2D eigenvalue weighted by Gasteiger charge is 2.28. The molecule has 1 fully saturated rings. The molecule has 1 aromatic rings. The molecule has 1 aliphatic rings. The largest absolute Gasteiger partial charge is 0.393 e. The van der Waals surface area contributed by atoms with Gasteiger partial charge in [-0.15, -0.1) is 0 Å². The molecular formula is C15H21NO2. The summed E-state index contributed by atoms with van der Waals surface area (Å²) in [5, 5.41) is 9.54. The summed E-state index contributed by atoms with van der Waals surface area (Å²) in [4.78, 5) is 14.0. The van der Waals surface area contributed by atoms with Crippen LogP contribution >= 0.6 is 0 Å². The van der Waals surface area contributed by atoms with Gasteiger partial charge in [0.15, 0.2) is 0 Å². The van der Waals surface area contributed by atoms with Crippen molar-refractivity contribution in [1.29, 1.82) is 0 Å². The van der Waals surface area contributed by atoms with Crippen LogP contribution in [0.15, 0.2) is 24.3 Å². The maximum Gasteiger partial charge on any atom is 0.227 e. The average Bonchev–Trinajstić information content (AvgIpc) is 2.78. The predicted molar refractivity (Wildman–Crippen MR) is 71.3 cm³/mol. The highest BCUT2D eigenvalue weighted by molar-refractivity contribution is 5.79. The van der Waals surface area contributed by atoms with Crippen molar-refractivity contribution in [3.63, 3.8) is 0 Å². The predicted octanol–water partition coefficient (Wildman–Crippen LogP) is 1.77. The SMILES string of the molecule is Cc1cccc(CC(=O)N2CCC(C(C)O)C2)c1. The number of likely N-dealkylation sites (tertiary alicyclic amines) is 1. The fraction of sp³-hybridized carbons (Fsp3) is 0.533. The first kappa shape index (κ1) is 13.1. The zero-order chi connectivity index (χ0) is 13.1. The van der Waals surface area contributed by atoms with Crippen LogP contribution in [0.3, 0.4) is 0 Å². The van der Waals surface area contributed by atoms with Crippen LogP contribution in [0.4, 0.5) is 0 Å². The van der Waals surface area contributed by atoms with E-state index in [9.17, 15) is 9.90 Å². The van der Waals surface area contributed by atoms with Gasteiger partial charge in [-0.3, -0.25) is 4.79 Å². The topological polar surface area (TPSA) is 40.5 Å². The van der Waals surface area contributed by atoms with Crippen molar-refractivity contribution < 1.29 is 9.90 Å². The van der Waals surface area contributed by atoms with Crippen LogP contribution < -0.4 is 0 Å². The summed E-state index contributed by atoms with van der Waals surface area (Å²) >= 11 is 0. The summed E-state index contributed by atoms with van der Waals surface area (Å²) in [5.41, 5.74) is 2.25. The molecular weight excluding hydrogens is 226 g/mol. The Bertz CT molecular complexity index is 428. The van der Waals surface area contributed by atoms with Crippen LogP contribution in [0.1, 0.15) is 24.5 Å². The molecule has 2 unspecified atom stereocenters. The lowest BCUT2D eigenvalue weighted by Crippen LogP contribution is -2.31. The Morgan fingerprint density at radius 1 is 1.56 bits per heavy atom. The molecule has 2 atom stereocenters. The van der Waals surface area contributed by atoms with Crippen molar-refractivity contribution in [2.24, 2.45) is 5.92 Å². The standard InChI is InChI=1S/C15H21NO2/c1-11-4-3-5-13(8-11)9-15(18)16-7-6-14(10-16)12(2)17/h3-5,8,12,14,17H,6-7,9-10H2,1-2H3. The number of aliphatic hydroxyl groups is 1. The number of carbonyl (C=O) groups is 1. The van der Waals surface area contributed by atoms with E-state index in [0.29, 0.717) is 13.0 Å². The third-order valence-electron chi connectivity index (χ3n) is 3.70. The summed E-state index contributed by atoms with van der Waals surface area (Å²) < 4.78 is 0. The normalized spacial score (nSPS) is 21.1. The summed E-state index contributed by atoms with van der Waals surface area (Å²) in [6.07, 6.45) is 1.06. The minimum Gasteiger partial charge on any atom is -0.393 e. The summed E-state index contributed by atoms with van der Waals surface area (Å²) in [7, 11) is 0. The van der Waals surface area contributed by atoms with Crippen molar-refractivity contribution in [1.82, 2.24) is 4.90 Å². The van der Waals surface area contributed by atoms with Gasteiger partial charge in [0.1, 0.15) is 0 Å². The van der Waals surface area contributed by atoms with Gasteiger partial charge in [-0.25, -0.2) is 0 Å². The van der Waals surface area contributed by atoms with Crippen LogP contribution in [0, 0.1) is 12.8 Å². The number of benzene rings is 1. The molecule has 1 aliphatic heterocycles.